The fraction of sp³-hybridized carbons (Fsp3) is 0.692. The predicted octanol–water partition coefficient (Wildman–Crippen LogP) is 2.39. The number of halogens is 3. The zero-order chi connectivity index (χ0) is 16.3. The van der Waals surface area contributed by atoms with Crippen LogP contribution in [0, 0.1) is 5.41 Å². The van der Waals surface area contributed by atoms with Crippen LogP contribution in [0.2, 0.25) is 0 Å². The average molecular weight is 308 g/mol. The van der Waals surface area contributed by atoms with E-state index in [2.05, 4.69) is 5.32 Å². The quantitative estimate of drug-likeness (QED) is 0.784. The minimum Gasteiger partial charge on any atom is -0.481 e. The molecule has 120 valence electrons. The summed E-state index contributed by atoms with van der Waals surface area (Å²) in [4.78, 5) is 24.2. The number of carbonyl (C=O) groups is 2. The first kappa shape index (κ1) is 17.3. The van der Waals surface area contributed by atoms with E-state index in [1.807, 2.05) is 0 Å². The van der Waals surface area contributed by atoms with E-state index in [0.29, 0.717) is 6.42 Å². The van der Waals surface area contributed by atoms with Gasteiger partial charge < -0.3 is 15.3 Å². The zero-order valence-electron chi connectivity index (χ0n) is 12.0. The maximum absolute atomic E-state index is 12.5. The molecular formula is C13H19F3N2O3. The lowest BCUT2D eigenvalue weighted by Gasteiger charge is -2.29. The Bertz CT molecular complexity index is 448. The maximum Gasteiger partial charge on any atom is 0.412 e. The Kier molecular flexibility index (Phi) is 5.25. The number of hydrogen-bond acceptors (Lipinski definition) is 2. The number of amides is 2. The summed E-state index contributed by atoms with van der Waals surface area (Å²) in [5, 5.41) is 11.6. The summed E-state index contributed by atoms with van der Waals surface area (Å²) in [6.07, 6.45) is -3.28. The molecule has 0 aromatic rings. The molecule has 2 N–H and O–H groups in total. The van der Waals surface area contributed by atoms with Crippen molar-refractivity contribution in [1.82, 2.24) is 10.2 Å². The van der Waals surface area contributed by atoms with Crippen molar-refractivity contribution in [3.8, 4) is 0 Å². The van der Waals surface area contributed by atoms with Crippen molar-refractivity contribution in [3.63, 3.8) is 0 Å². The van der Waals surface area contributed by atoms with Crippen LogP contribution >= 0.6 is 0 Å². The number of alkyl halides is 3. The molecule has 0 radical (unpaired) electrons. The van der Waals surface area contributed by atoms with Gasteiger partial charge in [0.1, 0.15) is 0 Å². The summed E-state index contributed by atoms with van der Waals surface area (Å²) in [5.41, 5.74) is -1.71. The van der Waals surface area contributed by atoms with Crippen molar-refractivity contribution in [3.05, 3.63) is 11.6 Å². The van der Waals surface area contributed by atoms with Crippen LogP contribution in [0.15, 0.2) is 11.6 Å². The van der Waals surface area contributed by atoms with Crippen molar-refractivity contribution >= 4 is 12.0 Å². The van der Waals surface area contributed by atoms with Crippen molar-refractivity contribution in [2.45, 2.75) is 32.9 Å². The van der Waals surface area contributed by atoms with Crippen molar-refractivity contribution < 1.29 is 27.9 Å². The summed E-state index contributed by atoms with van der Waals surface area (Å²) < 4.78 is 37.4. The van der Waals surface area contributed by atoms with Gasteiger partial charge in [0.15, 0.2) is 0 Å². The van der Waals surface area contributed by atoms with E-state index in [9.17, 15) is 22.8 Å². The van der Waals surface area contributed by atoms with Crippen molar-refractivity contribution in [2.75, 3.05) is 19.6 Å². The fourth-order valence-corrected chi connectivity index (χ4v) is 1.85. The monoisotopic (exact) mass is 308 g/mol. The predicted molar refractivity (Wildman–Crippen MR) is 69.8 cm³/mol. The molecule has 0 aromatic carbocycles. The minimum absolute atomic E-state index is 0.0346. The number of nitrogens with zero attached hydrogens (tertiary/aromatic N) is 1. The van der Waals surface area contributed by atoms with Crippen LogP contribution in [0.4, 0.5) is 18.0 Å². The molecule has 5 nitrogen and oxygen atoms in total. The molecule has 2 amide bonds. The highest BCUT2D eigenvalue weighted by atomic mass is 19.4. The van der Waals surface area contributed by atoms with E-state index in [1.54, 1.807) is 6.92 Å². The smallest absolute Gasteiger partial charge is 0.412 e. The van der Waals surface area contributed by atoms with Crippen molar-refractivity contribution in [2.24, 2.45) is 5.41 Å². The highest BCUT2D eigenvalue weighted by molar-refractivity contribution is 5.78. The van der Waals surface area contributed by atoms with Gasteiger partial charge in [-0.15, -0.1) is 0 Å². The van der Waals surface area contributed by atoms with Crippen LogP contribution in [-0.4, -0.2) is 47.8 Å². The highest BCUT2D eigenvalue weighted by Crippen LogP contribution is 2.30. The first-order chi connectivity index (χ1) is 9.60. The van der Waals surface area contributed by atoms with Crippen LogP contribution in [0.1, 0.15) is 26.7 Å². The molecule has 0 saturated carbocycles. The van der Waals surface area contributed by atoms with E-state index in [0.717, 1.165) is 6.08 Å². The molecule has 1 unspecified atom stereocenters. The topological polar surface area (TPSA) is 69.6 Å². The van der Waals surface area contributed by atoms with Gasteiger partial charge in [-0.1, -0.05) is 13.0 Å². The van der Waals surface area contributed by atoms with Crippen LogP contribution in [0.5, 0.6) is 0 Å². The summed E-state index contributed by atoms with van der Waals surface area (Å²) >= 11 is 0. The highest BCUT2D eigenvalue weighted by Gasteiger charge is 2.36. The second-order valence-electron chi connectivity index (χ2n) is 5.30. The molecule has 1 atom stereocenters. The molecule has 0 aromatic heterocycles. The molecule has 8 heteroatoms. The van der Waals surface area contributed by atoms with E-state index in [1.165, 1.54) is 11.8 Å². The van der Waals surface area contributed by atoms with Gasteiger partial charge in [-0.05, 0) is 19.8 Å². The largest absolute Gasteiger partial charge is 0.481 e. The number of urea groups is 1. The molecule has 1 aliphatic heterocycles. The standard InChI is InChI=1S/C13H19F3N2O3/c1-3-12(2,10(19)20)8-17-11(21)18-6-4-9(5-7-18)13(14,15)16/h4H,3,5-8H2,1-2H3,(H,17,21)(H,19,20). The Hall–Kier alpha value is -1.73. The van der Waals surface area contributed by atoms with Gasteiger partial charge in [-0.25, -0.2) is 4.79 Å². The van der Waals surface area contributed by atoms with Crippen LogP contribution in [0.3, 0.4) is 0 Å². The summed E-state index contributed by atoms with van der Waals surface area (Å²) in [5.74, 6) is -1.02. The van der Waals surface area contributed by atoms with Gasteiger partial charge in [-0.3, -0.25) is 4.79 Å². The molecule has 0 aliphatic carbocycles. The third kappa shape index (κ3) is 4.37. The molecule has 0 saturated heterocycles. The third-order valence-electron chi connectivity index (χ3n) is 3.79. The molecule has 1 rings (SSSR count). The maximum atomic E-state index is 12.5. The molecule has 1 heterocycles. The minimum atomic E-state index is -4.35. The lowest BCUT2D eigenvalue weighted by Crippen LogP contribution is -2.47. The average Bonchev–Trinajstić information content (AvgIpc) is 2.43. The number of rotatable bonds is 4. The Morgan fingerprint density at radius 2 is 2.05 bits per heavy atom. The fourth-order valence-electron chi connectivity index (χ4n) is 1.85. The molecule has 0 bridgehead atoms. The second-order valence-corrected chi connectivity index (χ2v) is 5.30. The van der Waals surface area contributed by atoms with Gasteiger partial charge in [0, 0.05) is 25.2 Å². The number of carboxylic acids is 1. The van der Waals surface area contributed by atoms with Gasteiger partial charge in [0.25, 0.3) is 0 Å². The van der Waals surface area contributed by atoms with Crippen molar-refractivity contribution in [1.29, 1.82) is 0 Å². The number of nitrogens with one attached hydrogen (secondary N) is 1. The van der Waals surface area contributed by atoms with E-state index in [-0.39, 0.29) is 26.1 Å². The van der Waals surface area contributed by atoms with Crippen LogP contribution in [-0.2, 0) is 4.79 Å². The van der Waals surface area contributed by atoms with E-state index < -0.39 is 29.2 Å². The number of carbonyl (C=O) groups excluding carboxylic acids is 1. The first-order valence-electron chi connectivity index (χ1n) is 6.62. The van der Waals surface area contributed by atoms with Gasteiger partial charge in [0.2, 0.25) is 0 Å². The summed E-state index contributed by atoms with van der Waals surface area (Å²) in [6.45, 7) is 2.97. The number of carboxylic acid groups (broad SMARTS) is 1. The zero-order valence-corrected chi connectivity index (χ0v) is 12.0. The molecule has 0 fully saturated rings. The molecular weight excluding hydrogens is 289 g/mol. The van der Waals surface area contributed by atoms with Crippen LogP contribution < -0.4 is 5.32 Å². The van der Waals surface area contributed by atoms with Gasteiger partial charge in [-0.2, -0.15) is 13.2 Å². The Balaban J connectivity index is 2.56. The second kappa shape index (κ2) is 6.36. The third-order valence-corrected chi connectivity index (χ3v) is 3.79. The molecule has 0 spiro atoms. The Morgan fingerprint density at radius 1 is 1.43 bits per heavy atom. The SMILES string of the molecule is CCC(C)(CNC(=O)N1CC=C(C(F)(F)F)CC1)C(=O)O. The number of hydrogen-bond donors (Lipinski definition) is 2. The molecule has 1 aliphatic rings. The summed E-state index contributed by atoms with van der Waals surface area (Å²) in [6, 6.07) is -0.548. The van der Waals surface area contributed by atoms with Crippen LogP contribution in [0.25, 0.3) is 0 Å². The Morgan fingerprint density at radius 3 is 2.43 bits per heavy atom. The number of aliphatic carboxylic acids is 1. The summed E-state index contributed by atoms with van der Waals surface area (Å²) in [7, 11) is 0. The normalized spacial score (nSPS) is 18.7. The van der Waals surface area contributed by atoms with Gasteiger partial charge >= 0.3 is 18.2 Å². The van der Waals surface area contributed by atoms with Gasteiger partial charge in [0.05, 0.1) is 5.41 Å². The lowest BCUT2D eigenvalue weighted by molar-refractivity contribution is -0.147. The lowest BCUT2D eigenvalue weighted by atomic mass is 9.88. The Labute approximate surface area is 120 Å². The molecule has 21 heavy (non-hydrogen) atoms. The van der Waals surface area contributed by atoms with E-state index >= 15 is 0 Å². The first-order valence-corrected chi connectivity index (χ1v) is 6.62. The van der Waals surface area contributed by atoms with E-state index in [4.69, 9.17) is 5.11 Å².